The van der Waals surface area contributed by atoms with E-state index in [1.54, 1.807) is 12.3 Å². The lowest BCUT2D eigenvalue weighted by molar-refractivity contribution is 0.104. The van der Waals surface area contributed by atoms with Crippen LogP contribution in [0.5, 0.6) is 0 Å². The first-order valence-electron chi connectivity index (χ1n) is 7.62. The van der Waals surface area contributed by atoms with Gasteiger partial charge in [0.2, 0.25) is 0 Å². The van der Waals surface area contributed by atoms with E-state index in [1.165, 1.54) is 16.7 Å². The summed E-state index contributed by atoms with van der Waals surface area (Å²) in [6, 6.07) is 14.0. The van der Waals surface area contributed by atoms with Gasteiger partial charge in [-0.1, -0.05) is 55.8 Å². The van der Waals surface area contributed by atoms with Gasteiger partial charge in [-0.05, 0) is 37.0 Å². The number of aryl methyl sites for hydroxylation is 2. The molecule has 2 aromatic rings. The van der Waals surface area contributed by atoms with Crippen molar-refractivity contribution in [3.8, 4) is 0 Å². The Bertz CT molecular complexity index is 681. The number of anilines is 1. The number of ketones is 1. The van der Waals surface area contributed by atoms with Crippen molar-refractivity contribution in [1.29, 1.82) is 0 Å². The summed E-state index contributed by atoms with van der Waals surface area (Å²) in [4.78, 5) is 12.1. The zero-order chi connectivity index (χ0) is 16.1. The van der Waals surface area contributed by atoms with E-state index in [1.807, 2.05) is 30.3 Å². The van der Waals surface area contributed by atoms with E-state index in [4.69, 9.17) is 0 Å². The molecule has 2 nitrogen and oxygen atoms in total. The van der Waals surface area contributed by atoms with E-state index in [2.05, 4.69) is 45.1 Å². The van der Waals surface area contributed by atoms with Gasteiger partial charge in [0.25, 0.3) is 0 Å². The summed E-state index contributed by atoms with van der Waals surface area (Å²) in [5, 5.41) is 3.17. The van der Waals surface area contributed by atoms with Gasteiger partial charge in [0.15, 0.2) is 5.78 Å². The third kappa shape index (κ3) is 4.08. The lowest BCUT2D eigenvalue weighted by atomic mass is 10.0. The first-order chi connectivity index (χ1) is 10.5. The van der Waals surface area contributed by atoms with Gasteiger partial charge >= 0.3 is 0 Å². The molecule has 114 valence electrons. The van der Waals surface area contributed by atoms with Crippen LogP contribution in [0, 0.1) is 13.8 Å². The Kier molecular flexibility index (Phi) is 5.16. The third-order valence-electron chi connectivity index (χ3n) is 3.72. The summed E-state index contributed by atoms with van der Waals surface area (Å²) in [5.74, 6) is 0.485. The summed E-state index contributed by atoms with van der Waals surface area (Å²) in [7, 11) is 0. The largest absolute Gasteiger partial charge is 0.361 e. The first-order valence-corrected chi connectivity index (χ1v) is 7.62. The van der Waals surface area contributed by atoms with Crippen molar-refractivity contribution >= 4 is 11.5 Å². The third-order valence-corrected chi connectivity index (χ3v) is 3.72. The van der Waals surface area contributed by atoms with Crippen molar-refractivity contribution in [2.45, 2.75) is 33.6 Å². The predicted molar refractivity (Wildman–Crippen MR) is 93.5 cm³/mol. The van der Waals surface area contributed by atoms with Gasteiger partial charge in [-0.3, -0.25) is 4.79 Å². The molecule has 0 unspecified atom stereocenters. The average molecular weight is 293 g/mol. The normalized spacial score (nSPS) is 11.1. The Balaban J connectivity index is 2.02. The van der Waals surface area contributed by atoms with Crippen molar-refractivity contribution in [1.82, 2.24) is 0 Å². The molecule has 2 rings (SSSR count). The molecule has 2 aromatic carbocycles. The van der Waals surface area contributed by atoms with Crippen molar-refractivity contribution in [2.75, 3.05) is 5.32 Å². The van der Waals surface area contributed by atoms with E-state index in [9.17, 15) is 4.79 Å². The molecule has 0 saturated carbocycles. The second-order valence-corrected chi connectivity index (χ2v) is 5.94. The van der Waals surface area contributed by atoms with Gasteiger partial charge in [-0.15, -0.1) is 0 Å². The zero-order valence-corrected chi connectivity index (χ0v) is 13.7. The van der Waals surface area contributed by atoms with Crippen LogP contribution in [0.1, 0.15) is 46.8 Å². The summed E-state index contributed by atoms with van der Waals surface area (Å²) >= 11 is 0. The number of nitrogens with one attached hydrogen (secondary N) is 1. The van der Waals surface area contributed by atoms with Gasteiger partial charge in [-0.2, -0.15) is 0 Å². The minimum Gasteiger partial charge on any atom is -0.361 e. The molecule has 0 spiro atoms. The van der Waals surface area contributed by atoms with Crippen LogP contribution in [0.15, 0.2) is 54.7 Å². The molecule has 0 aromatic heterocycles. The molecule has 0 atom stereocenters. The highest BCUT2D eigenvalue weighted by Gasteiger charge is 2.03. The fourth-order valence-electron chi connectivity index (χ4n) is 2.31. The highest BCUT2D eigenvalue weighted by Crippen LogP contribution is 2.17. The van der Waals surface area contributed by atoms with Crippen LogP contribution < -0.4 is 5.32 Å². The second kappa shape index (κ2) is 7.08. The Labute approximate surface area is 132 Å². The molecule has 0 aliphatic carbocycles. The van der Waals surface area contributed by atoms with Crippen LogP contribution in [-0.4, -0.2) is 5.78 Å². The molecule has 2 heteroatoms. The topological polar surface area (TPSA) is 29.1 Å². The Morgan fingerprint density at radius 1 is 1.05 bits per heavy atom. The van der Waals surface area contributed by atoms with Gasteiger partial charge in [0, 0.05) is 23.5 Å². The summed E-state index contributed by atoms with van der Waals surface area (Å²) in [6.07, 6.45) is 3.28. The summed E-state index contributed by atoms with van der Waals surface area (Å²) < 4.78 is 0. The summed E-state index contributed by atoms with van der Waals surface area (Å²) in [6.45, 7) is 8.40. The molecular formula is C20H23NO. The van der Waals surface area contributed by atoms with Crippen molar-refractivity contribution in [3.05, 3.63) is 77.0 Å². The monoisotopic (exact) mass is 293 g/mol. The zero-order valence-electron chi connectivity index (χ0n) is 13.7. The smallest absolute Gasteiger partial charge is 0.187 e. The molecule has 0 radical (unpaired) electrons. The predicted octanol–water partition coefficient (Wildman–Crippen LogP) is 5.24. The van der Waals surface area contributed by atoms with Gasteiger partial charge in [0.05, 0.1) is 0 Å². The maximum Gasteiger partial charge on any atom is 0.187 e. The lowest BCUT2D eigenvalue weighted by Gasteiger charge is -2.06. The van der Waals surface area contributed by atoms with Crippen LogP contribution in [-0.2, 0) is 0 Å². The van der Waals surface area contributed by atoms with Crippen molar-refractivity contribution < 1.29 is 4.79 Å². The van der Waals surface area contributed by atoms with E-state index in [-0.39, 0.29) is 5.78 Å². The maximum atomic E-state index is 12.1. The minimum absolute atomic E-state index is 0.00701. The van der Waals surface area contributed by atoms with Crippen molar-refractivity contribution in [2.24, 2.45) is 0 Å². The minimum atomic E-state index is 0.00701. The molecule has 0 heterocycles. The molecule has 0 saturated heterocycles. The summed E-state index contributed by atoms with van der Waals surface area (Å²) in [5.41, 5.74) is 5.37. The van der Waals surface area contributed by atoms with Crippen molar-refractivity contribution in [3.63, 3.8) is 0 Å². The molecule has 22 heavy (non-hydrogen) atoms. The highest BCUT2D eigenvalue weighted by atomic mass is 16.1. The standard InChI is InChI=1S/C20H23NO/c1-14(2)17-6-8-18(9-7-17)20(22)11-12-21-19-10-5-15(3)13-16(19)4/h5-14,21H,1-4H3. The fraction of sp³-hybridized carbons (Fsp3) is 0.250. The number of hydrogen-bond acceptors (Lipinski definition) is 2. The maximum absolute atomic E-state index is 12.1. The van der Waals surface area contributed by atoms with E-state index in [0.717, 1.165) is 5.69 Å². The fourth-order valence-corrected chi connectivity index (χ4v) is 2.31. The number of rotatable bonds is 5. The van der Waals surface area contributed by atoms with Crippen LogP contribution in [0.2, 0.25) is 0 Å². The number of carbonyl (C=O) groups is 1. The average Bonchev–Trinajstić information content (AvgIpc) is 2.49. The van der Waals surface area contributed by atoms with Crippen LogP contribution >= 0.6 is 0 Å². The Morgan fingerprint density at radius 3 is 2.32 bits per heavy atom. The highest BCUT2D eigenvalue weighted by molar-refractivity contribution is 6.04. The molecule has 0 fully saturated rings. The Hall–Kier alpha value is -2.35. The van der Waals surface area contributed by atoms with Gasteiger partial charge in [0.1, 0.15) is 0 Å². The number of hydrogen-bond donors (Lipinski definition) is 1. The second-order valence-electron chi connectivity index (χ2n) is 5.94. The molecule has 0 amide bonds. The van der Waals surface area contributed by atoms with E-state index >= 15 is 0 Å². The quantitative estimate of drug-likeness (QED) is 0.603. The first kappa shape index (κ1) is 16.0. The van der Waals surface area contributed by atoms with Crippen LogP contribution in [0.25, 0.3) is 0 Å². The van der Waals surface area contributed by atoms with Crippen LogP contribution in [0.4, 0.5) is 5.69 Å². The van der Waals surface area contributed by atoms with Crippen LogP contribution in [0.3, 0.4) is 0 Å². The molecule has 0 aliphatic rings. The molecule has 1 N–H and O–H groups in total. The van der Waals surface area contributed by atoms with E-state index in [0.29, 0.717) is 11.5 Å². The molecule has 0 aliphatic heterocycles. The Morgan fingerprint density at radius 2 is 1.73 bits per heavy atom. The number of allylic oxidation sites excluding steroid dienone is 1. The molecular weight excluding hydrogens is 270 g/mol. The number of carbonyl (C=O) groups excluding carboxylic acids is 1. The lowest BCUT2D eigenvalue weighted by Crippen LogP contribution is -1.98. The SMILES string of the molecule is Cc1ccc(NC=CC(=O)c2ccc(C(C)C)cc2)c(C)c1. The molecule has 0 bridgehead atoms. The van der Waals surface area contributed by atoms with Gasteiger partial charge < -0.3 is 5.32 Å². The van der Waals surface area contributed by atoms with E-state index < -0.39 is 0 Å². The number of benzene rings is 2. The van der Waals surface area contributed by atoms with Gasteiger partial charge in [-0.25, -0.2) is 0 Å².